The number of carbonyl (C=O) groups excluding carboxylic acids is 2. The highest BCUT2D eigenvalue weighted by Crippen LogP contribution is 2.07. The SMILES string of the molecule is CC(=O)Nc1cc(C(=O)NCc2cccnc2)ccn1. The lowest BCUT2D eigenvalue weighted by Crippen LogP contribution is -2.23. The fourth-order valence-electron chi connectivity index (χ4n) is 1.61. The fourth-order valence-corrected chi connectivity index (χ4v) is 1.61. The molecule has 102 valence electrons. The van der Waals surface area contributed by atoms with Crippen molar-refractivity contribution in [2.24, 2.45) is 0 Å². The molecule has 20 heavy (non-hydrogen) atoms. The first-order valence-corrected chi connectivity index (χ1v) is 6.06. The standard InChI is InChI=1S/C14H14N4O2/c1-10(19)18-13-7-12(4-6-16-13)14(20)17-9-11-3-2-5-15-8-11/h2-8H,9H2,1H3,(H,17,20)(H,16,18,19). The van der Waals surface area contributed by atoms with E-state index in [4.69, 9.17) is 0 Å². The third kappa shape index (κ3) is 3.88. The smallest absolute Gasteiger partial charge is 0.251 e. The summed E-state index contributed by atoms with van der Waals surface area (Å²) in [6, 6.07) is 6.80. The number of aromatic nitrogens is 2. The van der Waals surface area contributed by atoms with E-state index in [1.807, 2.05) is 12.1 Å². The number of hydrogen-bond acceptors (Lipinski definition) is 4. The van der Waals surface area contributed by atoms with Crippen LogP contribution in [0.4, 0.5) is 5.82 Å². The van der Waals surface area contributed by atoms with Gasteiger partial charge < -0.3 is 10.6 Å². The second-order valence-electron chi connectivity index (χ2n) is 4.15. The Hall–Kier alpha value is -2.76. The quantitative estimate of drug-likeness (QED) is 0.878. The molecule has 0 saturated carbocycles. The van der Waals surface area contributed by atoms with E-state index in [0.29, 0.717) is 17.9 Å². The molecule has 2 aromatic rings. The molecule has 0 spiro atoms. The molecule has 0 aromatic carbocycles. The molecule has 0 aliphatic carbocycles. The van der Waals surface area contributed by atoms with Crippen LogP contribution in [0.2, 0.25) is 0 Å². The topological polar surface area (TPSA) is 84.0 Å². The predicted octanol–water partition coefficient (Wildman–Crippen LogP) is 1.36. The Morgan fingerprint density at radius 2 is 2.10 bits per heavy atom. The summed E-state index contributed by atoms with van der Waals surface area (Å²) < 4.78 is 0. The van der Waals surface area contributed by atoms with E-state index in [-0.39, 0.29) is 11.8 Å². The molecule has 0 radical (unpaired) electrons. The second kappa shape index (κ2) is 6.42. The van der Waals surface area contributed by atoms with E-state index >= 15 is 0 Å². The summed E-state index contributed by atoms with van der Waals surface area (Å²) in [5.41, 5.74) is 1.35. The van der Waals surface area contributed by atoms with Gasteiger partial charge in [0.15, 0.2) is 0 Å². The molecule has 0 fully saturated rings. The minimum Gasteiger partial charge on any atom is -0.348 e. The van der Waals surface area contributed by atoms with Crippen LogP contribution in [0.1, 0.15) is 22.8 Å². The zero-order valence-corrected chi connectivity index (χ0v) is 11.0. The molecule has 2 aromatic heterocycles. The maximum absolute atomic E-state index is 12.0. The van der Waals surface area contributed by atoms with Crippen molar-refractivity contribution in [1.29, 1.82) is 0 Å². The highest BCUT2D eigenvalue weighted by Gasteiger charge is 2.07. The lowest BCUT2D eigenvalue weighted by molar-refractivity contribution is -0.114. The molecule has 2 heterocycles. The molecule has 0 aliphatic rings. The Kier molecular flexibility index (Phi) is 4.39. The Balaban J connectivity index is 2.00. The second-order valence-corrected chi connectivity index (χ2v) is 4.15. The predicted molar refractivity (Wildman–Crippen MR) is 73.9 cm³/mol. The Morgan fingerprint density at radius 3 is 2.80 bits per heavy atom. The molecule has 6 nitrogen and oxygen atoms in total. The number of nitrogens with zero attached hydrogens (tertiary/aromatic N) is 2. The number of rotatable bonds is 4. The summed E-state index contributed by atoms with van der Waals surface area (Å²) in [6.07, 6.45) is 4.84. The highest BCUT2D eigenvalue weighted by molar-refractivity contribution is 5.96. The van der Waals surface area contributed by atoms with Crippen molar-refractivity contribution in [3.8, 4) is 0 Å². The third-order valence-corrected chi connectivity index (χ3v) is 2.50. The van der Waals surface area contributed by atoms with Crippen molar-refractivity contribution < 1.29 is 9.59 Å². The number of amides is 2. The molecule has 2 rings (SSSR count). The summed E-state index contributed by atoms with van der Waals surface area (Å²) in [4.78, 5) is 30.9. The number of nitrogens with one attached hydrogen (secondary N) is 2. The first-order valence-electron chi connectivity index (χ1n) is 6.06. The summed E-state index contributed by atoms with van der Waals surface area (Å²) in [5.74, 6) is -0.111. The molecule has 2 N–H and O–H groups in total. The van der Waals surface area contributed by atoms with Gasteiger partial charge in [-0.05, 0) is 23.8 Å². The molecule has 0 aliphatic heterocycles. The average molecular weight is 270 g/mol. The van der Waals surface area contributed by atoms with Gasteiger partial charge in [0.05, 0.1) is 0 Å². The van der Waals surface area contributed by atoms with Crippen LogP contribution in [-0.2, 0) is 11.3 Å². The van der Waals surface area contributed by atoms with Gasteiger partial charge >= 0.3 is 0 Å². The Labute approximate surface area is 116 Å². The Bertz CT molecular complexity index is 614. The molecule has 0 bridgehead atoms. The maximum atomic E-state index is 12.0. The average Bonchev–Trinajstić information content (AvgIpc) is 2.45. The van der Waals surface area contributed by atoms with Crippen LogP contribution in [-0.4, -0.2) is 21.8 Å². The number of pyridine rings is 2. The van der Waals surface area contributed by atoms with Crippen molar-refractivity contribution in [2.45, 2.75) is 13.5 Å². The number of anilines is 1. The van der Waals surface area contributed by atoms with Gasteiger partial charge in [0.25, 0.3) is 5.91 Å². The summed E-state index contributed by atoms with van der Waals surface area (Å²) in [5, 5.41) is 5.31. The number of hydrogen-bond donors (Lipinski definition) is 2. The van der Waals surface area contributed by atoms with Gasteiger partial charge in [0.1, 0.15) is 5.82 Å². The van der Waals surface area contributed by atoms with Crippen LogP contribution >= 0.6 is 0 Å². The molecule has 0 atom stereocenters. The molecule has 0 saturated heterocycles. The van der Waals surface area contributed by atoms with Crippen LogP contribution in [0.25, 0.3) is 0 Å². The summed E-state index contributed by atoms with van der Waals surface area (Å²) in [6.45, 7) is 1.78. The minimum absolute atomic E-state index is 0.231. The van der Waals surface area contributed by atoms with Crippen LogP contribution < -0.4 is 10.6 Å². The largest absolute Gasteiger partial charge is 0.348 e. The minimum atomic E-state index is -0.233. The molecule has 0 unspecified atom stereocenters. The Morgan fingerprint density at radius 1 is 1.25 bits per heavy atom. The van der Waals surface area contributed by atoms with Crippen LogP contribution in [0.15, 0.2) is 42.9 Å². The van der Waals surface area contributed by atoms with Crippen molar-refractivity contribution in [1.82, 2.24) is 15.3 Å². The van der Waals surface area contributed by atoms with Crippen molar-refractivity contribution in [3.05, 3.63) is 54.0 Å². The molecular formula is C14H14N4O2. The van der Waals surface area contributed by atoms with E-state index in [2.05, 4.69) is 20.6 Å². The lowest BCUT2D eigenvalue weighted by atomic mass is 10.2. The molecular weight excluding hydrogens is 256 g/mol. The maximum Gasteiger partial charge on any atom is 0.251 e. The summed E-state index contributed by atoms with van der Waals surface area (Å²) in [7, 11) is 0. The first-order chi connectivity index (χ1) is 9.65. The van der Waals surface area contributed by atoms with Crippen molar-refractivity contribution in [2.75, 3.05) is 5.32 Å². The molecule has 6 heteroatoms. The van der Waals surface area contributed by atoms with E-state index in [9.17, 15) is 9.59 Å². The monoisotopic (exact) mass is 270 g/mol. The highest BCUT2D eigenvalue weighted by atomic mass is 16.2. The third-order valence-electron chi connectivity index (χ3n) is 2.50. The number of carbonyl (C=O) groups is 2. The van der Waals surface area contributed by atoms with E-state index in [1.165, 1.54) is 19.2 Å². The van der Waals surface area contributed by atoms with Gasteiger partial charge in [-0.2, -0.15) is 0 Å². The van der Waals surface area contributed by atoms with E-state index in [0.717, 1.165) is 5.56 Å². The molecule has 2 amide bonds. The van der Waals surface area contributed by atoms with Crippen LogP contribution in [0.5, 0.6) is 0 Å². The van der Waals surface area contributed by atoms with Gasteiger partial charge in [-0.3, -0.25) is 14.6 Å². The van der Waals surface area contributed by atoms with Crippen LogP contribution in [0, 0.1) is 0 Å². The summed E-state index contributed by atoms with van der Waals surface area (Å²) >= 11 is 0. The zero-order chi connectivity index (χ0) is 14.4. The lowest BCUT2D eigenvalue weighted by Gasteiger charge is -2.06. The van der Waals surface area contributed by atoms with Gasteiger partial charge in [-0.15, -0.1) is 0 Å². The van der Waals surface area contributed by atoms with Gasteiger partial charge in [0, 0.05) is 37.6 Å². The van der Waals surface area contributed by atoms with Gasteiger partial charge in [-0.25, -0.2) is 4.98 Å². The van der Waals surface area contributed by atoms with Gasteiger partial charge in [-0.1, -0.05) is 6.07 Å². The van der Waals surface area contributed by atoms with Crippen molar-refractivity contribution >= 4 is 17.6 Å². The van der Waals surface area contributed by atoms with Crippen molar-refractivity contribution in [3.63, 3.8) is 0 Å². The van der Waals surface area contributed by atoms with Gasteiger partial charge in [0.2, 0.25) is 5.91 Å². The zero-order valence-electron chi connectivity index (χ0n) is 11.0. The normalized spacial score (nSPS) is 9.85. The van der Waals surface area contributed by atoms with E-state index < -0.39 is 0 Å². The van der Waals surface area contributed by atoms with E-state index in [1.54, 1.807) is 18.5 Å². The van der Waals surface area contributed by atoms with Crippen LogP contribution in [0.3, 0.4) is 0 Å². The fraction of sp³-hybridized carbons (Fsp3) is 0.143. The first kappa shape index (κ1) is 13.7.